The molecule has 0 bridgehead atoms. The molecule has 3 aromatic rings. The molecule has 0 atom stereocenters. The summed E-state index contributed by atoms with van der Waals surface area (Å²) in [6, 6.07) is 13.9. The van der Waals surface area contributed by atoms with Crippen molar-refractivity contribution in [1.82, 2.24) is 20.9 Å². The number of hydrogen-bond acceptors (Lipinski definition) is 6. The van der Waals surface area contributed by atoms with E-state index in [4.69, 9.17) is 4.74 Å². The summed E-state index contributed by atoms with van der Waals surface area (Å²) in [5.74, 6) is 0.912. The molecule has 2 aromatic carbocycles. The zero-order chi connectivity index (χ0) is 23.2. The van der Waals surface area contributed by atoms with Gasteiger partial charge in [0.2, 0.25) is 0 Å². The lowest BCUT2D eigenvalue weighted by Crippen LogP contribution is -2.33. The molecule has 0 fully saturated rings. The molecule has 0 aliphatic carbocycles. The summed E-state index contributed by atoms with van der Waals surface area (Å²) >= 11 is 0. The van der Waals surface area contributed by atoms with Crippen LogP contribution >= 0.6 is 0 Å². The third-order valence-corrected chi connectivity index (χ3v) is 5.34. The maximum atomic E-state index is 13.7. The summed E-state index contributed by atoms with van der Waals surface area (Å²) in [4.78, 5) is 21.6. The molecule has 0 saturated carbocycles. The van der Waals surface area contributed by atoms with Crippen molar-refractivity contribution in [3.8, 4) is 16.9 Å². The van der Waals surface area contributed by atoms with Gasteiger partial charge in [-0.05, 0) is 65.6 Å². The van der Waals surface area contributed by atoms with Gasteiger partial charge in [0, 0.05) is 30.9 Å². The average Bonchev–Trinajstić information content (AvgIpc) is 3.35. The van der Waals surface area contributed by atoms with E-state index in [0.717, 1.165) is 41.3 Å². The van der Waals surface area contributed by atoms with Crippen molar-refractivity contribution >= 4 is 11.9 Å². The van der Waals surface area contributed by atoms with E-state index < -0.39 is 0 Å². The maximum Gasteiger partial charge on any atom is 0.251 e. The zero-order valence-electron chi connectivity index (χ0n) is 18.6. The Bertz CT molecular complexity index is 1200. The first-order chi connectivity index (χ1) is 16.0. The van der Waals surface area contributed by atoms with Crippen LogP contribution in [0.1, 0.15) is 27.2 Å². The first-order valence-corrected chi connectivity index (χ1v) is 10.7. The number of aliphatic imine (C=N–C) groups is 1. The highest BCUT2D eigenvalue weighted by Crippen LogP contribution is 2.26. The molecule has 1 aromatic heterocycles. The Hall–Kier alpha value is -3.94. The minimum Gasteiger partial charge on any atom is -0.497 e. The summed E-state index contributed by atoms with van der Waals surface area (Å²) in [6.07, 6.45) is 1.64. The van der Waals surface area contributed by atoms with Crippen LogP contribution in [0, 0.1) is 12.7 Å². The van der Waals surface area contributed by atoms with Gasteiger partial charge in [0.05, 0.1) is 25.9 Å². The summed E-state index contributed by atoms with van der Waals surface area (Å²) < 4.78 is 18.9. The molecule has 33 heavy (non-hydrogen) atoms. The predicted octanol–water partition coefficient (Wildman–Crippen LogP) is 3.18. The topological polar surface area (TPSA) is 87.6 Å². The second kappa shape index (κ2) is 10.1. The van der Waals surface area contributed by atoms with Crippen LogP contribution < -0.4 is 20.7 Å². The minimum absolute atomic E-state index is 0.223. The first kappa shape index (κ1) is 22.3. The fraction of sp³-hybridized carbons (Fsp3) is 0.240. The van der Waals surface area contributed by atoms with Crippen LogP contribution in [0.3, 0.4) is 0 Å². The molecule has 0 unspecified atom stereocenters. The van der Waals surface area contributed by atoms with Gasteiger partial charge in [-0.1, -0.05) is 6.07 Å². The average molecular weight is 448 g/mol. The normalized spacial score (nSPS) is 12.6. The molecule has 2 heterocycles. The Morgan fingerprint density at radius 2 is 2.03 bits per heavy atom. The van der Waals surface area contributed by atoms with E-state index in [-0.39, 0.29) is 18.3 Å². The highest BCUT2D eigenvalue weighted by atomic mass is 19.1. The fourth-order valence-corrected chi connectivity index (χ4v) is 3.69. The van der Waals surface area contributed by atoms with E-state index in [1.165, 1.54) is 12.1 Å². The minimum atomic E-state index is -0.289. The van der Waals surface area contributed by atoms with Crippen molar-refractivity contribution in [1.29, 1.82) is 0 Å². The van der Waals surface area contributed by atoms with E-state index in [0.29, 0.717) is 23.6 Å². The maximum absolute atomic E-state index is 13.7. The molecular weight excluding hydrogens is 421 g/mol. The van der Waals surface area contributed by atoms with Gasteiger partial charge in [0.25, 0.3) is 5.91 Å². The Kier molecular flexibility index (Phi) is 6.83. The van der Waals surface area contributed by atoms with Gasteiger partial charge < -0.3 is 20.7 Å². The number of carbonyl (C=O) groups excluding carboxylic acids is 1. The quantitative estimate of drug-likeness (QED) is 0.518. The molecule has 1 amide bonds. The van der Waals surface area contributed by atoms with E-state index in [2.05, 4.69) is 25.9 Å². The number of ether oxygens (including phenoxy) is 1. The number of benzene rings is 2. The number of pyridine rings is 1. The number of rotatable bonds is 7. The number of methoxy groups -OCH3 is 1. The summed E-state index contributed by atoms with van der Waals surface area (Å²) in [7, 11) is 1.59. The van der Waals surface area contributed by atoms with Gasteiger partial charge in [0.1, 0.15) is 11.6 Å². The molecule has 1 aliphatic rings. The van der Waals surface area contributed by atoms with E-state index in [1.807, 2.05) is 25.1 Å². The van der Waals surface area contributed by atoms with E-state index >= 15 is 0 Å². The summed E-state index contributed by atoms with van der Waals surface area (Å²) in [5.41, 5.74) is 4.64. The van der Waals surface area contributed by atoms with Crippen LogP contribution in [0.4, 0.5) is 4.39 Å². The molecule has 0 spiro atoms. The molecule has 8 heteroatoms. The molecule has 4 rings (SSSR count). The lowest BCUT2D eigenvalue weighted by atomic mass is 9.96. The highest BCUT2D eigenvalue weighted by molar-refractivity contribution is 5.96. The molecule has 0 radical (unpaired) electrons. The van der Waals surface area contributed by atoms with Crippen LogP contribution in [0.2, 0.25) is 0 Å². The second-order valence-corrected chi connectivity index (χ2v) is 7.76. The third-order valence-electron chi connectivity index (χ3n) is 5.34. The monoisotopic (exact) mass is 447 g/mol. The number of guanidine groups is 1. The number of nitrogens with one attached hydrogen (secondary N) is 3. The van der Waals surface area contributed by atoms with Gasteiger partial charge in [-0.25, -0.2) is 4.39 Å². The third kappa shape index (κ3) is 5.65. The van der Waals surface area contributed by atoms with Crippen LogP contribution in [0.25, 0.3) is 11.1 Å². The fourth-order valence-electron chi connectivity index (χ4n) is 3.69. The van der Waals surface area contributed by atoms with Crippen LogP contribution in [0.5, 0.6) is 5.75 Å². The van der Waals surface area contributed by atoms with Gasteiger partial charge in [-0.2, -0.15) is 0 Å². The Labute approximate surface area is 192 Å². The molecule has 0 saturated heterocycles. The van der Waals surface area contributed by atoms with Gasteiger partial charge in [-0.3, -0.25) is 14.8 Å². The number of hydrogen-bond donors (Lipinski definition) is 3. The van der Waals surface area contributed by atoms with Crippen molar-refractivity contribution in [3.05, 3.63) is 82.9 Å². The molecule has 170 valence electrons. The Balaban J connectivity index is 1.59. The largest absolute Gasteiger partial charge is 0.497 e. The lowest BCUT2D eigenvalue weighted by molar-refractivity contribution is 0.0950. The first-order valence-electron chi connectivity index (χ1n) is 10.7. The van der Waals surface area contributed by atoms with Crippen molar-refractivity contribution in [2.24, 2.45) is 4.99 Å². The van der Waals surface area contributed by atoms with Gasteiger partial charge in [-0.15, -0.1) is 0 Å². The second-order valence-electron chi connectivity index (χ2n) is 7.76. The highest BCUT2D eigenvalue weighted by Gasteiger charge is 2.13. The van der Waals surface area contributed by atoms with Crippen molar-refractivity contribution in [3.63, 3.8) is 0 Å². The Morgan fingerprint density at radius 3 is 2.79 bits per heavy atom. The van der Waals surface area contributed by atoms with E-state index in [1.54, 1.807) is 31.5 Å². The van der Waals surface area contributed by atoms with Crippen LogP contribution in [0.15, 0.2) is 59.7 Å². The van der Waals surface area contributed by atoms with Crippen molar-refractivity contribution in [2.45, 2.75) is 20.0 Å². The summed E-state index contributed by atoms with van der Waals surface area (Å²) in [5, 5.41) is 9.35. The van der Waals surface area contributed by atoms with Crippen LogP contribution in [-0.2, 0) is 13.1 Å². The standard InChI is InChI=1S/C25H26FN5O2/c1-16-9-20(26)3-4-23(16)18-10-17(14-31-25-28-7-8-29-25)11-19(12-18)24(32)30-15-21-13-22(33-2)5-6-27-21/h3-6,9-13H,7-8,14-15H2,1-2H3,(H,30,32)(H2,28,29,31). The number of aryl methyl sites for hydroxylation is 1. The van der Waals surface area contributed by atoms with Gasteiger partial charge >= 0.3 is 0 Å². The number of halogens is 1. The van der Waals surface area contributed by atoms with Crippen molar-refractivity contribution in [2.75, 3.05) is 20.2 Å². The van der Waals surface area contributed by atoms with E-state index in [9.17, 15) is 9.18 Å². The molecular formula is C25H26FN5O2. The number of aromatic nitrogens is 1. The number of amides is 1. The molecule has 7 nitrogen and oxygen atoms in total. The Morgan fingerprint density at radius 1 is 1.15 bits per heavy atom. The van der Waals surface area contributed by atoms with Crippen LogP contribution in [-0.4, -0.2) is 37.1 Å². The SMILES string of the molecule is COc1ccnc(CNC(=O)c2cc(CNC3=NCCN3)cc(-c3ccc(F)cc3C)c2)c1. The number of carbonyl (C=O) groups is 1. The predicted molar refractivity (Wildman–Crippen MR) is 126 cm³/mol. The lowest BCUT2D eigenvalue weighted by Gasteiger charge is -2.14. The smallest absolute Gasteiger partial charge is 0.251 e. The molecule has 1 aliphatic heterocycles. The summed E-state index contributed by atoms with van der Waals surface area (Å²) in [6.45, 7) is 4.17. The van der Waals surface area contributed by atoms with Crippen molar-refractivity contribution < 1.29 is 13.9 Å². The van der Waals surface area contributed by atoms with Gasteiger partial charge in [0.15, 0.2) is 5.96 Å². The molecule has 3 N–H and O–H groups in total. The number of nitrogens with zero attached hydrogens (tertiary/aromatic N) is 2. The zero-order valence-corrected chi connectivity index (χ0v) is 18.6.